The molecule has 0 aliphatic rings. The number of esters is 1. The summed E-state index contributed by atoms with van der Waals surface area (Å²) in [5.74, 6) is -1.19. The fourth-order valence-corrected chi connectivity index (χ4v) is 3.66. The Morgan fingerprint density at radius 1 is 1.27 bits per heavy atom. The highest BCUT2D eigenvalue weighted by atomic mass is 32.1. The number of fused-ring (bicyclic) bond motifs is 1. The molecule has 0 unspecified atom stereocenters. The number of para-hydroxylation sites is 1. The molecule has 3 aromatic rings. The Kier molecular flexibility index (Phi) is 6.72. The number of nitro groups is 1. The highest BCUT2D eigenvalue weighted by Crippen LogP contribution is 2.36. The zero-order valence-electron chi connectivity index (χ0n) is 15.7. The van der Waals surface area contributed by atoms with Crippen LogP contribution in [0, 0.1) is 10.1 Å². The normalized spacial score (nSPS) is 10.9. The van der Waals surface area contributed by atoms with Gasteiger partial charge in [0.2, 0.25) is 0 Å². The van der Waals surface area contributed by atoms with Crippen LogP contribution in [0.15, 0.2) is 36.4 Å². The van der Waals surface area contributed by atoms with E-state index in [0.29, 0.717) is 6.42 Å². The van der Waals surface area contributed by atoms with E-state index in [1.807, 2.05) is 24.3 Å². The maximum atomic E-state index is 12.5. The number of ether oxygens (including phenoxy) is 3. The van der Waals surface area contributed by atoms with Crippen molar-refractivity contribution in [3.05, 3.63) is 57.1 Å². The van der Waals surface area contributed by atoms with E-state index in [9.17, 15) is 23.7 Å². The average Bonchev–Trinajstić information content (AvgIpc) is 3.13. The fraction of sp³-hybridized carbons (Fsp3) is 0.263. The average molecular weight is 438 g/mol. The number of rotatable bonds is 9. The van der Waals surface area contributed by atoms with Gasteiger partial charge in [0.15, 0.2) is 11.5 Å². The maximum Gasteiger partial charge on any atom is 0.387 e. The van der Waals surface area contributed by atoms with Crippen molar-refractivity contribution < 1.29 is 32.7 Å². The first-order valence-corrected chi connectivity index (χ1v) is 9.49. The lowest BCUT2D eigenvalue weighted by Gasteiger charge is -2.12. The predicted molar refractivity (Wildman–Crippen MR) is 104 cm³/mol. The predicted octanol–water partition coefficient (Wildman–Crippen LogP) is 4.49. The van der Waals surface area contributed by atoms with E-state index >= 15 is 0 Å². The molecule has 0 N–H and O–H groups in total. The van der Waals surface area contributed by atoms with Gasteiger partial charge in [0.25, 0.3) is 5.69 Å². The molecule has 0 bridgehead atoms. The number of aromatic nitrogens is 1. The van der Waals surface area contributed by atoms with Crippen molar-refractivity contribution in [3.8, 4) is 11.5 Å². The van der Waals surface area contributed by atoms with Gasteiger partial charge in [-0.05, 0) is 18.2 Å². The van der Waals surface area contributed by atoms with Gasteiger partial charge >= 0.3 is 12.6 Å². The largest absolute Gasteiger partial charge is 0.493 e. The summed E-state index contributed by atoms with van der Waals surface area (Å²) in [6, 6.07) is 9.53. The molecule has 2 aromatic carbocycles. The van der Waals surface area contributed by atoms with Crippen LogP contribution in [0.5, 0.6) is 11.5 Å². The van der Waals surface area contributed by atoms with Crippen LogP contribution in [0.25, 0.3) is 10.2 Å². The number of methoxy groups -OCH3 is 1. The van der Waals surface area contributed by atoms with E-state index in [0.717, 1.165) is 27.4 Å². The second-order valence-corrected chi connectivity index (χ2v) is 7.12. The maximum absolute atomic E-state index is 12.5. The van der Waals surface area contributed by atoms with Crippen molar-refractivity contribution in [2.75, 3.05) is 7.11 Å². The zero-order chi connectivity index (χ0) is 21.7. The molecule has 11 heteroatoms. The van der Waals surface area contributed by atoms with Gasteiger partial charge in [-0.3, -0.25) is 14.9 Å². The first kappa shape index (κ1) is 21.4. The minimum atomic E-state index is -3.18. The van der Waals surface area contributed by atoms with Gasteiger partial charge in [0.1, 0.15) is 6.61 Å². The minimum Gasteiger partial charge on any atom is -0.493 e. The minimum absolute atomic E-state index is 0.00759. The molecule has 0 fully saturated rings. The third kappa shape index (κ3) is 5.17. The number of carbonyl (C=O) groups excluding carboxylic acids is 1. The number of nitro benzene ring substituents is 1. The molecule has 0 atom stereocenters. The third-order valence-electron chi connectivity index (χ3n) is 4.05. The molecule has 0 aliphatic carbocycles. The van der Waals surface area contributed by atoms with Crippen molar-refractivity contribution in [3.63, 3.8) is 0 Å². The lowest BCUT2D eigenvalue weighted by atomic mass is 10.1. The molecule has 1 aromatic heterocycles. The fourth-order valence-electron chi connectivity index (χ4n) is 2.69. The Hall–Kier alpha value is -3.34. The number of halogens is 2. The summed E-state index contributed by atoms with van der Waals surface area (Å²) in [6.07, 6.45) is 0.405. The van der Waals surface area contributed by atoms with Crippen molar-refractivity contribution in [1.82, 2.24) is 4.98 Å². The smallest absolute Gasteiger partial charge is 0.387 e. The van der Waals surface area contributed by atoms with Crippen molar-refractivity contribution >= 4 is 33.2 Å². The molecule has 158 valence electrons. The number of thiazole rings is 1. The molecule has 0 amide bonds. The SMILES string of the molecule is COc1cc(COC(=O)CCc2nc3ccccc3s2)c([N+](=O)[O-])cc1OC(F)F. The van der Waals surface area contributed by atoms with Gasteiger partial charge in [0.05, 0.1) is 45.3 Å². The lowest BCUT2D eigenvalue weighted by Crippen LogP contribution is -2.09. The van der Waals surface area contributed by atoms with Crippen molar-refractivity contribution in [2.24, 2.45) is 0 Å². The van der Waals surface area contributed by atoms with Crippen LogP contribution in [-0.4, -0.2) is 29.6 Å². The molecule has 30 heavy (non-hydrogen) atoms. The summed E-state index contributed by atoms with van der Waals surface area (Å²) in [7, 11) is 1.20. The topological polar surface area (TPSA) is 101 Å². The van der Waals surface area contributed by atoms with Gasteiger partial charge in [-0.1, -0.05) is 12.1 Å². The summed E-state index contributed by atoms with van der Waals surface area (Å²) < 4.78 is 40.3. The van der Waals surface area contributed by atoms with Gasteiger partial charge in [-0.2, -0.15) is 8.78 Å². The lowest BCUT2D eigenvalue weighted by molar-refractivity contribution is -0.386. The molecule has 0 spiro atoms. The van der Waals surface area contributed by atoms with Gasteiger partial charge in [-0.25, -0.2) is 4.98 Å². The summed E-state index contributed by atoms with van der Waals surface area (Å²) >= 11 is 1.47. The Morgan fingerprint density at radius 3 is 2.70 bits per heavy atom. The summed E-state index contributed by atoms with van der Waals surface area (Å²) in [5, 5.41) is 12.0. The standard InChI is InChI=1S/C19H16F2N2O6S/c1-27-14-8-11(13(23(25)26)9-15(14)29-19(20)21)10-28-18(24)7-6-17-22-12-4-2-3-5-16(12)30-17/h2-5,8-9,19H,6-7,10H2,1H3. The summed E-state index contributed by atoms with van der Waals surface area (Å²) in [6.45, 7) is -3.59. The number of benzene rings is 2. The molecule has 0 saturated carbocycles. The first-order chi connectivity index (χ1) is 14.4. The van der Waals surface area contributed by atoms with E-state index < -0.39 is 35.5 Å². The van der Waals surface area contributed by atoms with Crippen LogP contribution in [-0.2, 0) is 22.6 Å². The van der Waals surface area contributed by atoms with Crippen LogP contribution in [0.4, 0.5) is 14.5 Å². The van der Waals surface area contributed by atoms with Gasteiger partial charge < -0.3 is 14.2 Å². The van der Waals surface area contributed by atoms with Crippen LogP contribution in [0.2, 0.25) is 0 Å². The zero-order valence-corrected chi connectivity index (χ0v) is 16.5. The summed E-state index contributed by atoms with van der Waals surface area (Å²) in [4.78, 5) is 27.0. The Labute approximate surface area is 173 Å². The van der Waals surface area contributed by atoms with E-state index in [-0.39, 0.29) is 17.7 Å². The molecule has 8 nitrogen and oxygen atoms in total. The monoisotopic (exact) mass is 438 g/mol. The van der Waals surface area contributed by atoms with E-state index in [4.69, 9.17) is 9.47 Å². The number of hydrogen-bond donors (Lipinski definition) is 0. The molecular weight excluding hydrogens is 422 g/mol. The molecule has 0 aliphatic heterocycles. The first-order valence-electron chi connectivity index (χ1n) is 8.67. The number of carbonyl (C=O) groups is 1. The van der Waals surface area contributed by atoms with E-state index in [2.05, 4.69) is 9.72 Å². The van der Waals surface area contributed by atoms with Crippen LogP contribution in [0.3, 0.4) is 0 Å². The number of hydrogen-bond acceptors (Lipinski definition) is 8. The molecule has 3 rings (SSSR count). The highest BCUT2D eigenvalue weighted by Gasteiger charge is 2.22. The van der Waals surface area contributed by atoms with Gasteiger partial charge in [-0.15, -0.1) is 11.3 Å². The van der Waals surface area contributed by atoms with E-state index in [1.165, 1.54) is 18.4 Å². The Bertz CT molecular complexity index is 1040. The van der Waals surface area contributed by atoms with Crippen molar-refractivity contribution in [1.29, 1.82) is 0 Å². The summed E-state index contributed by atoms with van der Waals surface area (Å²) in [5.41, 5.74) is 0.317. The van der Waals surface area contributed by atoms with Gasteiger partial charge in [0, 0.05) is 6.42 Å². The Morgan fingerprint density at radius 2 is 2.03 bits per heavy atom. The van der Waals surface area contributed by atoms with Crippen LogP contribution < -0.4 is 9.47 Å². The number of aryl methyl sites for hydroxylation is 1. The number of nitrogens with zero attached hydrogens (tertiary/aromatic N) is 2. The molecule has 0 radical (unpaired) electrons. The van der Waals surface area contributed by atoms with Crippen LogP contribution in [0.1, 0.15) is 17.0 Å². The van der Waals surface area contributed by atoms with Crippen LogP contribution >= 0.6 is 11.3 Å². The molecular formula is C19H16F2N2O6S. The Balaban J connectivity index is 1.66. The quantitative estimate of drug-likeness (QED) is 0.276. The third-order valence-corrected chi connectivity index (χ3v) is 5.14. The van der Waals surface area contributed by atoms with E-state index in [1.54, 1.807) is 0 Å². The number of alkyl halides is 2. The second-order valence-electron chi connectivity index (χ2n) is 6.00. The highest BCUT2D eigenvalue weighted by molar-refractivity contribution is 7.18. The molecule has 0 saturated heterocycles. The molecule has 1 heterocycles. The second kappa shape index (κ2) is 9.44. The van der Waals surface area contributed by atoms with Crippen molar-refractivity contribution in [2.45, 2.75) is 26.1 Å².